The van der Waals surface area contributed by atoms with Crippen molar-refractivity contribution in [3.05, 3.63) is 47.5 Å². The number of rotatable bonds is 6. The van der Waals surface area contributed by atoms with Crippen molar-refractivity contribution in [1.29, 1.82) is 0 Å². The predicted molar refractivity (Wildman–Crippen MR) is 95.0 cm³/mol. The summed E-state index contributed by atoms with van der Waals surface area (Å²) in [6.07, 6.45) is 2.98. The van der Waals surface area contributed by atoms with Crippen LogP contribution in [-0.4, -0.2) is 15.6 Å². The Bertz CT molecular complexity index is 802. The van der Waals surface area contributed by atoms with E-state index in [1.165, 1.54) is 32.9 Å². The topological polar surface area (TPSA) is 42.2 Å². The van der Waals surface area contributed by atoms with Gasteiger partial charge in [0.2, 0.25) is 0 Å². The normalized spacial score (nSPS) is 11.4. The van der Waals surface area contributed by atoms with Gasteiger partial charge in [-0.15, -0.1) is 0 Å². The summed E-state index contributed by atoms with van der Waals surface area (Å²) in [5, 5.41) is 11.4. The summed E-state index contributed by atoms with van der Waals surface area (Å²) < 4.78 is 2.38. The third-order valence-corrected chi connectivity index (χ3v) is 4.45. The second kappa shape index (κ2) is 6.45. The number of fused-ring (bicyclic) bond motifs is 3. The Balaban J connectivity index is 1.93. The monoisotopic (exact) mass is 309 g/mol. The summed E-state index contributed by atoms with van der Waals surface area (Å²) in [5.74, 6) is -0.701. The number of benzene rings is 2. The van der Waals surface area contributed by atoms with E-state index in [1.54, 1.807) is 0 Å². The van der Waals surface area contributed by atoms with Crippen molar-refractivity contribution in [2.24, 2.45) is 0 Å². The van der Waals surface area contributed by atoms with Crippen LogP contribution in [0.3, 0.4) is 0 Å². The van der Waals surface area contributed by atoms with Crippen molar-refractivity contribution in [3.8, 4) is 0 Å². The highest BCUT2D eigenvalue weighted by molar-refractivity contribution is 6.08. The summed E-state index contributed by atoms with van der Waals surface area (Å²) in [4.78, 5) is 10.6. The molecule has 0 aliphatic rings. The van der Waals surface area contributed by atoms with Gasteiger partial charge >= 0.3 is 5.97 Å². The van der Waals surface area contributed by atoms with Gasteiger partial charge in [-0.1, -0.05) is 29.7 Å². The molecule has 23 heavy (non-hydrogen) atoms. The van der Waals surface area contributed by atoms with Crippen LogP contribution in [0.25, 0.3) is 21.8 Å². The van der Waals surface area contributed by atoms with Crippen LogP contribution in [0.15, 0.2) is 36.4 Å². The van der Waals surface area contributed by atoms with Crippen molar-refractivity contribution in [2.45, 2.75) is 46.1 Å². The lowest BCUT2D eigenvalue weighted by atomic mass is 10.1. The fraction of sp³-hybridized carbons (Fsp3) is 0.350. The highest BCUT2D eigenvalue weighted by Gasteiger charge is 2.10. The summed E-state index contributed by atoms with van der Waals surface area (Å²) >= 11 is 0. The Labute approximate surface area is 136 Å². The molecule has 0 aliphatic carbocycles. The van der Waals surface area contributed by atoms with Gasteiger partial charge in [-0.3, -0.25) is 4.79 Å². The van der Waals surface area contributed by atoms with E-state index in [0.29, 0.717) is 0 Å². The van der Waals surface area contributed by atoms with E-state index < -0.39 is 5.97 Å². The Kier molecular flexibility index (Phi) is 4.37. The van der Waals surface area contributed by atoms with Crippen LogP contribution in [0.4, 0.5) is 0 Å². The molecule has 120 valence electrons. The van der Waals surface area contributed by atoms with E-state index in [1.807, 2.05) is 0 Å². The molecule has 0 aliphatic heterocycles. The lowest BCUT2D eigenvalue weighted by molar-refractivity contribution is -0.137. The van der Waals surface area contributed by atoms with Crippen LogP contribution in [-0.2, 0) is 11.3 Å². The van der Waals surface area contributed by atoms with E-state index in [2.05, 4.69) is 54.8 Å². The molecule has 1 N–H and O–H groups in total. The van der Waals surface area contributed by atoms with Gasteiger partial charge in [-0.2, -0.15) is 0 Å². The quantitative estimate of drug-likeness (QED) is 0.647. The summed E-state index contributed by atoms with van der Waals surface area (Å²) in [7, 11) is 0. The largest absolute Gasteiger partial charge is 0.481 e. The molecule has 3 nitrogen and oxygen atoms in total. The first-order valence-corrected chi connectivity index (χ1v) is 8.27. The summed E-state index contributed by atoms with van der Waals surface area (Å²) in [6.45, 7) is 5.19. The molecule has 0 fully saturated rings. The molecule has 0 saturated heterocycles. The number of unbranched alkanes of at least 4 members (excludes halogenated alkanes) is 2. The molecule has 0 amide bonds. The van der Waals surface area contributed by atoms with Gasteiger partial charge < -0.3 is 9.67 Å². The Morgan fingerprint density at radius 1 is 0.913 bits per heavy atom. The molecule has 3 heteroatoms. The van der Waals surface area contributed by atoms with Crippen LogP contribution in [0.1, 0.15) is 36.8 Å². The SMILES string of the molecule is Cc1ccc2c(c1)c1cc(C)ccc1n2CCCCCC(=O)O. The zero-order valence-electron chi connectivity index (χ0n) is 13.8. The maximum absolute atomic E-state index is 10.6. The highest BCUT2D eigenvalue weighted by atomic mass is 16.4. The average Bonchev–Trinajstić information content (AvgIpc) is 2.79. The van der Waals surface area contributed by atoms with Crippen LogP contribution in [0.5, 0.6) is 0 Å². The summed E-state index contributed by atoms with van der Waals surface area (Å²) in [5.41, 5.74) is 5.10. The van der Waals surface area contributed by atoms with Gasteiger partial charge in [-0.05, 0) is 51.0 Å². The van der Waals surface area contributed by atoms with Crippen molar-refractivity contribution >= 4 is 27.8 Å². The van der Waals surface area contributed by atoms with Crippen molar-refractivity contribution < 1.29 is 9.90 Å². The lowest BCUT2D eigenvalue weighted by Crippen LogP contribution is -1.99. The van der Waals surface area contributed by atoms with E-state index >= 15 is 0 Å². The fourth-order valence-corrected chi connectivity index (χ4v) is 3.30. The molecule has 0 radical (unpaired) electrons. The maximum atomic E-state index is 10.6. The van der Waals surface area contributed by atoms with Crippen LogP contribution in [0, 0.1) is 13.8 Å². The van der Waals surface area contributed by atoms with E-state index in [-0.39, 0.29) is 6.42 Å². The molecule has 0 bridgehead atoms. The van der Waals surface area contributed by atoms with Gasteiger partial charge in [0.15, 0.2) is 0 Å². The number of carboxylic acid groups (broad SMARTS) is 1. The zero-order chi connectivity index (χ0) is 16.4. The molecule has 0 atom stereocenters. The first-order valence-electron chi connectivity index (χ1n) is 8.27. The number of hydrogen-bond donors (Lipinski definition) is 1. The average molecular weight is 309 g/mol. The maximum Gasteiger partial charge on any atom is 0.303 e. The standard InChI is InChI=1S/C20H23NO2/c1-14-7-9-18-16(12-14)17-13-15(2)8-10-19(17)21(18)11-5-3-4-6-20(22)23/h7-10,12-13H,3-6,11H2,1-2H3,(H,22,23). The molecule has 0 spiro atoms. The first-order chi connectivity index (χ1) is 11.1. The van der Waals surface area contributed by atoms with E-state index in [0.717, 1.165) is 25.8 Å². The second-order valence-corrected chi connectivity index (χ2v) is 6.40. The molecule has 1 heterocycles. The third-order valence-electron chi connectivity index (χ3n) is 4.45. The van der Waals surface area contributed by atoms with Crippen molar-refractivity contribution in [1.82, 2.24) is 4.57 Å². The minimum Gasteiger partial charge on any atom is -0.481 e. The van der Waals surface area contributed by atoms with Crippen LogP contribution < -0.4 is 0 Å². The van der Waals surface area contributed by atoms with E-state index in [9.17, 15) is 4.79 Å². The Morgan fingerprint density at radius 2 is 1.48 bits per heavy atom. The third kappa shape index (κ3) is 3.24. The number of aliphatic carboxylic acids is 1. The highest BCUT2D eigenvalue weighted by Crippen LogP contribution is 2.31. The lowest BCUT2D eigenvalue weighted by Gasteiger charge is -2.07. The number of hydrogen-bond acceptors (Lipinski definition) is 1. The van der Waals surface area contributed by atoms with Gasteiger partial charge in [0.25, 0.3) is 0 Å². The minimum atomic E-state index is -0.701. The van der Waals surface area contributed by atoms with Crippen molar-refractivity contribution in [3.63, 3.8) is 0 Å². The number of aromatic nitrogens is 1. The number of carboxylic acids is 1. The van der Waals surface area contributed by atoms with Crippen LogP contribution in [0.2, 0.25) is 0 Å². The molecule has 3 aromatic rings. The Morgan fingerprint density at radius 3 is 2.00 bits per heavy atom. The molecule has 3 rings (SSSR count). The van der Waals surface area contributed by atoms with E-state index in [4.69, 9.17) is 5.11 Å². The summed E-state index contributed by atoms with van der Waals surface area (Å²) in [6, 6.07) is 13.3. The fourth-order valence-electron chi connectivity index (χ4n) is 3.30. The first kappa shape index (κ1) is 15.6. The van der Waals surface area contributed by atoms with Gasteiger partial charge in [0.05, 0.1) is 0 Å². The van der Waals surface area contributed by atoms with Crippen LogP contribution >= 0.6 is 0 Å². The molecule has 2 aromatic carbocycles. The molecular weight excluding hydrogens is 286 g/mol. The number of nitrogens with zero attached hydrogens (tertiary/aromatic N) is 1. The minimum absolute atomic E-state index is 0.269. The number of aryl methyl sites for hydroxylation is 3. The second-order valence-electron chi connectivity index (χ2n) is 6.40. The smallest absolute Gasteiger partial charge is 0.303 e. The zero-order valence-corrected chi connectivity index (χ0v) is 13.8. The molecular formula is C20H23NO2. The van der Waals surface area contributed by atoms with Gasteiger partial charge in [-0.25, -0.2) is 0 Å². The van der Waals surface area contributed by atoms with Gasteiger partial charge in [0, 0.05) is 34.8 Å². The molecule has 0 saturated carbocycles. The van der Waals surface area contributed by atoms with Crippen molar-refractivity contribution in [2.75, 3.05) is 0 Å². The molecule has 1 aromatic heterocycles. The number of carbonyl (C=O) groups is 1. The Hall–Kier alpha value is -2.29. The van der Waals surface area contributed by atoms with Gasteiger partial charge in [0.1, 0.15) is 0 Å². The molecule has 0 unspecified atom stereocenters. The predicted octanol–water partition coefficient (Wildman–Crippen LogP) is 5.06.